The maximum atomic E-state index is 11.8. The van der Waals surface area contributed by atoms with Gasteiger partial charge in [-0.1, -0.05) is 28.1 Å². The molecule has 0 aromatic heterocycles. The molecular weight excluding hydrogens is 324 g/mol. The number of hydrogen-bond donors (Lipinski definition) is 3. The molecule has 6 heteroatoms. The molecule has 0 heterocycles. The maximum absolute atomic E-state index is 11.8. The molecule has 3 unspecified atom stereocenters. The Morgan fingerprint density at radius 3 is 2.40 bits per heavy atom. The first kappa shape index (κ1) is 16.5. The van der Waals surface area contributed by atoms with E-state index in [1.54, 1.807) is 13.8 Å². The first-order chi connectivity index (χ1) is 9.31. The van der Waals surface area contributed by atoms with Crippen molar-refractivity contribution in [1.29, 1.82) is 0 Å². The number of carbonyl (C=O) groups is 2. The van der Waals surface area contributed by atoms with Crippen molar-refractivity contribution in [3.63, 3.8) is 0 Å². The van der Waals surface area contributed by atoms with Crippen molar-refractivity contribution < 1.29 is 14.7 Å². The number of carboxylic acids is 1. The van der Waals surface area contributed by atoms with Crippen LogP contribution in [-0.4, -0.2) is 23.1 Å². The van der Waals surface area contributed by atoms with Crippen LogP contribution in [0.4, 0.5) is 4.79 Å². The summed E-state index contributed by atoms with van der Waals surface area (Å²) in [4.78, 5) is 22.6. The molecule has 5 nitrogen and oxygen atoms in total. The summed E-state index contributed by atoms with van der Waals surface area (Å²) in [5.74, 6) is -1.57. The minimum absolute atomic E-state index is 0.167. The summed E-state index contributed by atoms with van der Waals surface area (Å²) < 4.78 is 0.942. The highest BCUT2D eigenvalue weighted by Gasteiger charge is 2.21. The largest absolute Gasteiger partial charge is 0.481 e. The predicted molar refractivity (Wildman–Crippen MR) is 80.5 cm³/mol. The summed E-state index contributed by atoms with van der Waals surface area (Å²) >= 11 is 3.38. The van der Waals surface area contributed by atoms with Gasteiger partial charge in [0.25, 0.3) is 0 Å². The molecular formula is C14H19BrN2O3. The molecule has 0 bridgehead atoms. The van der Waals surface area contributed by atoms with Gasteiger partial charge in [-0.05, 0) is 38.5 Å². The molecule has 0 aliphatic rings. The minimum atomic E-state index is -0.933. The second-order valence-electron chi connectivity index (χ2n) is 4.81. The van der Waals surface area contributed by atoms with Crippen LogP contribution in [0.15, 0.2) is 28.7 Å². The third kappa shape index (κ3) is 4.85. The number of rotatable bonds is 5. The summed E-state index contributed by atoms with van der Waals surface area (Å²) in [6, 6.07) is 6.66. The number of amides is 2. The normalized spacial score (nSPS) is 15.0. The molecule has 1 aromatic rings. The third-order valence-electron chi connectivity index (χ3n) is 3.19. The van der Waals surface area contributed by atoms with Crippen molar-refractivity contribution >= 4 is 27.9 Å². The van der Waals surface area contributed by atoms with Crippen LogP contribution in [0.1, 0.15) is 32.4 Å². The quantitative estimate of drug-likeness (QED) is 0.769. The average molecular weight is 343 g/mol. The second-order valence-corrected chi connectivity index (χ2v) is 5.73. The van der Waals surface area contributed by atoms with Gasteiger partial charge in [0.1, 0.15) is 0 Å². The zero-order valence-electron chi connectivity index (χ0n) is 11.7. The number of nitrogens with one attached hydrogen (secondary N) is 2. The summed E-state index contributed by atoms with van der Waals surface area (Å²) in [6.07, 6.45) is 0. The Morgan fingerprint density at radius 2 is 1.85 bits per heavy atom. The van der Waals surface area contributed by atoms with E-state index in [9.17, 15) is 9.59 Å². The van der Waals surface area contributed by atoms with Crippen LogP contribution >= 0.6 is 15.9 Å². The van der Waals surface area contributed by atoms with Crippen LogP contribution in [0.2, 0.25) is 0 Å². The Hall–Kier alpha value is -1.56. The predicted octanol–water partition coefficient (Wildman–Crippen LogP) is 2.92. The summed E-state index contributed by atoms with van der Waals surface area (Å²) in [7, 11) is 0. The first-order valence-electron chi connectivity index (χ1n) is 6.36. The molecule has 3 atom stereocenters. The number of carbonyl (C=O) groups excluding carboxylic acids is 1. The SMILES string of the molecule is CC(NC(=O)NC(C)C(C)C(=O)O)c1cccc(Br)c1. The summed E-state index contributed by atoms with van der Waals surface area (Å²) in [5.41, 5.74) is 0.966. The van der Waals surface area contributed by atoms with Crippen LogP contribution in [0, 0.1) is 5.92 Å². The van der Waals surface area contributed by atoms with Crippen molar-refractivity contribution in [1.82, 2.24) is 10.6 Å². The van der Waals surface area contributed by atoms with Gasteiger partial charge in [-0.15, -0.1) is 0 Å². The van der Waals surface area contributed by atoms with E-state index >= 15 is 0 Å². The van der Waals surface area contributed by atoms with Gasteiger partial charge in [0.15, 0.2) is 0 Å². The highest BCUT2D eigenvalue weighted by Crippen LogP contribution is 2.17. The van der Waals surface area contributed by atoms with Gasteiger partial charge in [0.05, 0.1) is 12.0 Å². The highest BCUT2D eigenvalue weighted by atomic mass is 79.9. The molecule has 2 amide bonds. The lowest BCUT2D eigenvalue weighted by Crippen LogP contribution is -2.45. The van der Waals surface area contributed by atoms with Crippen LogP contribution < -0.4 is 10.6 Å². The van der Waals surface area contributed by atoms with Gasteiger partial charge in [-0.2, -0.15) is 0 Å². The molecule has 0 fully saturated rings. The number of hydrogen-bond acceptors (Lipinski definition) is 2. The number of benzene rings is 1. The lowest BCUT2D eigenvalue weighted by atomic mass is 10.0. The molecule has 1 aromatic carbocycles. The van der Waals surface area contributed by atoms with Gasteiger partial charge in [-0.3, -0.25) is 4.79 Å². The fourth-order valence-corrected chi connectivity index (χ4v) is 2.06. The summed E-state index contributed by atoms with van der Waals surface area (Å²) in [6.45, 7) is 5.10. The average Bonchev–Trinajstić information content (AvgIpc) is 2.37. The van der Waals surface area contributed by atoms with E-state index in [2.05, 4.69) is 26.6 Å². The van der Waals surface area contributed by atoms with E-state index in [-0.39, 0.29) is 12.1 Å². The Morgan fingerprint density at radius 1 is 1.20 bits per heavy atom. The van der Waals surface area contributed by atoms with Crippen LogP contribution in [0.3, 0.4) is 0 Å². The number of urea groups is 1. The molecule has 110 valence electrons. The van der Waals surface area contributed by atoms with Crippen LogP contribution in [0.25, 0.3) is 0 Å². The van der Waals surface area contributed by atoms with E-state index in [1.165, 1.54) is 0 Å². The van der Waals surface area contributed by atoms with Gasteiger partial charge in [0, 0.05) is 10.5 Å². The molecule has 3 N–H and O–H groups in total. The molecule has 0 radical (unpaired) electrons. The van der Waals surface area contributed by atoms with Crippen molar-refractivity contribution in [3.8, 4) is 0 Å². The van der Waals surface area contributed by atoms with Gasteiger partial charge in [-0.25, -0.2) is 4.79 Å². The molecule has 0 saturated heterocycles. The first-order valence-corrected chi connectivity index (χ1v) is 7.16. The molecule has 0 spiro atoms. The van der Waals surface area contributed by atoms with Crippen molar-refractivity contribution in [3.05, 3.63) is 34.3 Å². The maximum Gasteiger partial charge on any atom is 0.315 e. The van der Waals surface area contributed by atoms with E-state index in [0.717, 1.165) is 10.0 Å². The monoisotopic (exact) mass is 342 g/mol. The lowest BCUT2D eigenvalue weighted by molar-refractivity contribution is -0.141. The molecule has 0 aliphatic carbocycles. The van der Waals surface area contributed by atoms with Gasteiger partial charge >= 0.3 is 12.0 Å². The topological polar surface area (TPSA) is 78.4 Å². The van der Waals surface area contributed by atoms with Crippen molar-refractivity contribution in [2.45, 2.75) is 32.9 Å². The number of aliphatic carboxylic acids is 1. The molecule has 0 aliphatic heterocycles. The van der Waals surface area contributed by atoms with E-state index in [0.29, 0.717) is 0 Å². The van der Waals surface area contributed by atoms with Crippen molar-refractivity contribution in [2.24, 2.45) is 5.92 Å². The third-order valence-corrected chi connectivity index (χ3v) is 3.69. The molecule has 20 heavy (non-hydrogen) atoms. The van der Waals surface area contributed by atoms with Gasteiger partial charge in [0.2, 0.25) is 0 Å². The standard InChI is InChI=1S/C14H19BrN2O3/c1-8(13(18)19)9(2)16-14(20)17-10(3)11-5-4-6-12(15)7-11/h4-10H,1-3H3,(H,18,19)(H2,16,17,20). The summed E-state index contributed by atoms with van der Waals surface area (Å²) in [5, 5.41) is 14.3. The van der Waals surface area contributed by atoms with E-state index < -0.39 is 17.9 Å². The van der Waals surface area contributed by atoms with Gasteiger partial charge < -0.3 is 15.7 Å². The number of halogens is 1. The fourth-order valence-electron chi connectivity index (χ4n) is 1.64. The zero-order valence-corrected chi connectivity index (χ0v) is 13.3. The Kier molecular flexibility index (Phi) is 6.01. The van der Waals surface area contributed by atoms with Crippen molar-refractivity contribution in [2.75, 3.05) is 0 Å². The smallest absolute Gasteiger partial charge is 0.315 e. The Labute approximate surface area is 126 Å². The Bertz CT molecular complexity index is 493. The van der Waals surface area contributed by atoms with Crippen LogP contribution in [-0.2, 0) is 4.79 Å². The van der Waals surface area contributed by atoms with E-state index in [1.807, 2.05) is 31.2 Å². The molecule has 0 saturated carbocycles. The van der Waals surface area contributed by atoms with Crippen LogP contribution in [0.5, 0.6) is 0 Å². The fraction of sp³-hybridized carbons (Fsp3) is 0.429. The number of carboxylic acid groups (broad SMARTS) is 1. The zero-order chi connectivity index (χ0) is 15.3. The lowest BCUT2D eigenvalue weighted by Gasteiger charge is -2.20. The molecule has 1 rings (SSSR count). The minimum Gasteiger partial charge on any atom is -0.481 e. The second kappa shape index (κ2) is 7.28. The highest BCUT2D eigenvalue weighted by molar-refractivity contribution is 9.10. The Balaban J connectivity index is 2.56. The van der Waals surface area contributed by atoms with E-state index in [4.69, 9.17) is 5.11 Å².